The second-order valence-electron chi connectivity index (χ2n) is 6.24. The second kappa shape index (κ2) is 6.84. The number of halogens is 1. The van der Waals surface area contributed by atoms with Crippen LogP contribution in [0.4, 0.5) is 0 Å². The fourth-order valence-electron chi connectivity index (χ4n) is 2.93. The van der Waals surface area contributed by atoms with Gasteiger partial charge in [0.1, 0.15) is 0 Å². The molecule has 1 saturated heterocycles. The highest BCUT2D eigenvalue weighted by atomic mass is 35.5. The fraction of sp³-hybridized carbons (Fsp3) is 0.389. The molecule has 1 fully saturated rings. The number of thioether (sulfide) groups is 1. The Kier molecular flexibility index (Phi) is 4.93. The van der Waals surface area contributed by atoms with E-state index in [1.807, 2.05) is 25.1 Å². The van der Waals surface area contributed by atoms with E-state index < -0.39 is 12.0 Å². The molecule has 1 aromatic carbocycles. The van der Waals surface area contributed by atoms with Crippen molar-refractivity contribution in [3.8, 4) is 0 Å². The number of amides is 1. The van der Waals surface area contributed by atoms with E-state index in [0.29, 0.717) is 27.0 Å². The number of amidine groups is 1. The summed E-state index contributed by atoms with van der Waals surface area (Å²) < 4.78 is 5.41. The van der Waals surface area contributed by atoms with Gasteiger partial charge < -0.3 is 4.74 Å². The number of aliphatic imine (C=N–C) groups is 1. The van der Waals surface area contributed by atoms with Gasteiger partial charge >= 0.3 is 5.97 Å². The number of esters is 1. The Morgan fingerprint density at radius 1 is 1.36 bits per heavy atom. The van der Waals surface area contributed by atoms with Crippen LogP contribution >= 0.6 is 23.4 Å². The molecule has 2 heterocycles. The summed E-state index contributed by atoms with van der Waals surface area (Å²) in [6, 6.07) is 6.60. The topological polar surface area (TPSA) is 59.0 Å². The summed E-state index contributed by atoms with van der Waals surface area (Å²) >= 11 is 7.79. The van der Waals surface area contributed by atoms with Gasteiger partial charge in [-0.2, -0.15) is 0 Å². The molecule has 0 N–H and O–H groups in total. The van der Waals surface area contributed by atoms with Gasteiger partial charge in [0.25, 0.3) is 0 Å². The van der Waals surface area contributed by atoms with Crippen LogP contribution in [0, 0.1) is 0 Å². The molecule has 2 aliphatic heterocycles. The molecule has 0 radical (unpaired) electrons. The Morgan fingerprint density at radius 2 is 2.04 bits per heavy atom. The monoisotopic (exact) mass is 378 g/mol. The molecule has 1 amide bonds. The zero-order valence-electron chi connectivity index (χ0n) is 14.4. The molecule has 2 unspecified atom stereocenters. The molecule has 5 nitrogen and oxygen atoms in total. The first-order valence-corrected chi connectivity index (χ1v) is 9.31. The smallest absolute Gasteiger partial charge is 0.338 e. The van der Waals surface area contributed by atoms with Crippen LogP contribution in [0.15, 0.2) is 40.5 Å². The van der Waals surface area contributed by atoms with Crippen molar-refractivity contribution in [3.63, 3.8) is 0 Å². The summed E-state index contributed by atoms with van der Waals surface area (Å²) in [5, 5.41) is 0.840. The van der Waals surface area contributed by atoms with Crippen LogP contribution in [-0.4, -0.2) is 33.3 Å². The molecule has 132 valence electrons. The summed E-state index contributed by atoms with van der Waals surface area (Å²) in [4.78, 5) is 31.5. The van der Waals surface area contributed by atoms with Crippen LogP contribution < -0.4 is 0 Å². The fourth-order valence-corrected chi connectivity index (χ4v) is 4.20. The van der Waals surface area contributed by atoms with Crippen molar-refractivity contribution in [1.29, 1.82) is 0 Å². The van der Waals surface area contributed by atoms with Gasteiger partial charge in [-0.25, -0.2) is 9.79 Å². The quantitative estimate of drug-likeness (QED) is 0.747. The van der Waals surface area contributed by atoms with Crippen LogP contribution in [0.2, 0.25) is 5.02 Å². The van der Waals surface area contributed by atoms with E-state index in [0.717, 1.165) is 0 Å². The molecular weight excluding hydrogens is 360 g/mol. The van der Waals surface area contributed by atoms with Gasteiger partial charge in [0.15, 0.2) is 5.17 Å². The van der Waals surface area contributed by atoms with Crippen molar-refractivity contribution in [3.05, 3.63) is 46.1 Å². The first kappa shape index (κ1) is 18.0. The average Bonchev–Trinajstić information content (AvgIpc) is 2.80. The number of carbonyl (C=O) groups excluding carboxylic acids is 2. The van der Waals surface area contributed by atoms with Crippen molar-refractivity contribution >= 4 is 40.4 Å². The summed E-state index contributed by atoms with van der Waals surface area (Å²) in [5.74, 6) is -0.561. The third-order valence-electron chi connectivity index (χ3n) is 4.02. The molecular formula is C18H19ClN2O3S. The van der Waals surface area contributed by atoms with Gasteiger partial charge in [-0.05, 0) is 39.3 Å². The van der Waals surface area contributed by atoms with Crippen molar-refractivity contribution in [1.82, 2.24) is 4.90 Å². The molecule has 0 saturated carbocycles. The zero-order chi connectivity index (χ0) is 18.3. The Bertz CT molecular complexity index is 803. The molecule has 2 aliphatic rings. The van der Waals surface area contributed by atoms with E-state index in [-0.39, 0.29) is 17.3 Å². The van der Waals surface area contributed by atoms with Gasteiger partial charge in [0, 0.05) is 5.02 Å². The minimum absolute atomic E-state index is 0.0870. The lowest BCUT2D eigenvalue weighted by atomic mass is 9.94. The standard InChI is InChI=1S/C18H19ClN2O3S/c1-9(2)24-17(23)14-10(3)20-18-21(16(22)11(4)25-18)15(14)12-7-5-6-8-13(12)19/h5-9,11,15H,1-4H3. The molecule has 0 aromatic heterocycles. The number of hydrogen-bond acceptors (Lipinski definition) is 5. The number of allylic oxidation sites excluding steroid dienone is 1. The van der Waals surface area contributed by atoms with E-state index in [1.165, 1.54) is 11.8 Å². The van der Waals surface area contributed by atoms with E-state index in [1.54, 1.807) is 31.7 Å². The van der Waals surface area contributed by atoms with E-state index in [2.05, 4.69) is 4.99 Å². The number of rotatable bonds is 3. The third kappa shape index (κ3) is 3.20. The predicted octanol–water partition coefficient (Wildman–Crippen LogP) is 3.94. The molecule has 0 aliphatic carbocycles. The van der Waals surface area contributed by atoms with Crippen molar-refractivity contribution in [2.75, 3.05) is 0 Å². The lowest BCUT2D eigenvalue weighted by Gasteiger charge is -2.33. The van der Waals surface area contributed by atoms with Gasteiger partial charge in [-0.1, -0.05) is 41.6 Å². The number of hydrogen-bond donors (Lipinski definition) is 0. The summed E-state index contributed by atoms with van der Waals surface area (Å²) in [7, 11) is 0. The van der Waals surface area contributed by atoms with Crippen molar-refractivity contribution < 1.29 is 14.3 Å². The van der Waals surface area contributed by atoms with E-state index >= 15 is 0 Å². The number of fused-ring (bicyclic) bond motifs is 1. The number of carbonyl (C=O) groups is 2. The maximum absolute atomic E-state index is 12.8. The molecule has 1 aromatic rings. The maximum atomic E-state index is 12.8. The lowest BCUT2D eigenvalue weighted by molar-refractivity contribution is -0.143. The lowest BCUT2D eigenvalue weighted by Crippen LogP contribution is -2.41. The molecule has 2 atom stereocenters. The highest BCUT2D eigenvalue weighted by molar-refractivity contribution is 8.15. The van der Waals surface area contributed by atoms with Crippen LogP contribution in [-0.2, 0) is 14.3 Å². The Hall–Kier alpha value is -1.79. The largest absolute Gasteiger partial charge is 0.459 e. The van der Waals surface area contributed by atoms with Crippen molar-refractivity contribution in [2.24, 2.45) is 4.99 Å². The summed E-state index contributed by atoms with van der Waals surface area (Å²) in [6.07, 6.45) is -0.271. The zero-order valence-corrected chi connectivity index (χ0v) is 16.0. The second-order valence-corrected chi connectivity index (χ2v) is 7.96. The minimum Gasteiger partial charge on any atom is -0.459 e. The number of ether oxygens (including phenoxy) is 1. The minimum atomic E-state index is -0.627. The van der Waals surface area contributed by atoms with Crippen LogP contribution in [0.5, 0.6) is 0 Å². The number of benzene rings is 1. The average molecular weight is 379 g/mol. The van der Waals surface area contributed by atoms with Crippen LogP contribution in [0.1, 0.15) is 39.3 Å². The molecule has 25 heavy (non-hydrogen) atoms. The Balaban J connectivity index is 2.17. The van der Waals surface area contributed by atoms with E-state index in [9.17, 15) is 9.59 Å². The third-order valence-corrected chi connectivity index (χ3v) is 5.42. The summed E-state index contributed by atoms with van der Waals surface area (Å²) in [5.41, 5.74) is 1.60. The van der Waals surface area contributed by atoms with Gasteiger partial charge in [-0.15, -0.1) is 0 Å². The first-order chi connectivity index (χ1) is 11.8. The molecule has 3 rings (SSSR count). The Labute approximate surface area is 156 Å². The van der Waals surface area contributed by atoms with Crippen LogP contribution in [0.3, 0.4) is 0 Å². The summed E-state index contributed by atoms with van der Waals surface area (Å²) in [6.45, 7) is 7.17. The molecule has 7 heteroatoms. The maximum Gasteiger partial charge on any atom is 0.338 e. The first-order valence-electron chi connectivity index (χ1n) is 8.05. The van der Waals surface area contributed by atoms with Crippen molar-refractivity contribution in [2.45, 2.75) is 45.1 Å². The Morgan fingerprint density at radius 3 is 2.68 bits per heavy atom. The highest BCUT2D eigenvalue weighted by Gasteiger charge is 2.46. The number of nitrogens with zero attached hydrogens (tertiary/aromatic N) is 2. The van der Waals surface area contributed by atoms with E-state index in [4.69, 9.17) is 16.3 Å². The molecule has 0 spiro atoms. The van der Waals surface area contributed by atoms with Gasteiger partial charge in [0.2, 0.25) is 5.91 Å². The van der Waals surface area contributed by atoms with Crippen LogP contribution in [0.25, 0.3) is 0 Å². The normalized spacial score (nSPS) is 23.0. The van der Waals surface area contributed by atoms with Gasteiger partial charge in [-0.3, -0.25) is 9.69 Å². The molecule has 0 bridgehead atoms. The van der Waals surface area contributed by atoms with Gasteiger partial charge in [0.05, 0.1) is 28.7 Å². The highest BCUT2D eigenvalue weighted by Crippen LogP contribution is 2.44. The predicted molar refractivity (Wildman–Crippen MR) is 99.5 cm³/mol. The SMILES string of the molecule is CC1=C(C(=O)OC(C)C)C(c2ccccc2Cl)N2C(=O)C(C)SC2=N1.